The second-order valence-corrected chi connectivity index (χ2v) is 5.25. The fraction of sp³-hybridized carbons (Fsp3) is 0.0667. The number of aromatic amines is 1. The number of anilines is 2. The third-order valence-electron chi connectivity index (χ3n) is 3.31. The van der Waals surface area contributed by atoms with Gasteiger partial charge in [0.15, 0.2) is 0 Å². The van der Waals surface area contributed by atoms with Crippen molar-refractivity contribution in [1.82, 2.24) is 10.2 Å². The van der Waals surface area contributed by atoms with Crippen molar-refractivity contribution in [2.75, 3.05) is 11.1 Å². The molecule has 0 aliphatic carbocycles. The second kappa shape index (κ2) is 5.10. The third-order valence-corrected chi connectivity index (χ3v) is 3.52. The summed E-state index contributed by atoms with van der Waals surface area (Å²) in [5, 5.41) is 10.7. The minimum absolute atomic E-state index is 0.257. The highest BCUT2D eigenvalue weighted by Gasteiger charge is 2.13. The predicted molar refractivity (Wildman–Crippen MR) is 84.6 cm³/mol. The summed E-state index contributed by atoms with van der Waals surface area (Å²) in [6.45, 7) is 1.91. The van der Waals surface area contributed by atoms with Crippen LogP contribution in [0.2, 0.25) is 5.02 Å². The molecule has 1 amide bonds. The standard InChI is InChI=1S/C15H13ClN4O/c1-8-2-3-10(6-13(8)17)19-15(21)11-4-9(16)5-14-12(11)7-18-20-14/h2-7H,17H2,1H3,(H,18,20)(H,19,21). The molecule has 6 heteroatoms. The molecule has 3 rings (SSSR count). The van der Waals surface area contributed by atoms with Crippen LogP contribution in [0.4, 0.5) is 11.4 Å². The average molecular weight is 301 g/mol. The van der Waals surface area contributed by atoms with Gasteiger partial charge in [0.25, 0.3) is 5.91 Å². The predicted octanol–water partition coefficient (Wildman–Crippen LogP) is 3.36. The van der Waals surface area contributed by atoms with Crippen molar-refractivity contribution in [3.8, 4) is 0 Å². The van der Waals surface area contributed by atoms with Crippen molar-refractivity contribution in [3.05, 3.63) is 52.7 Å². The molecule has 2 aromatic carbocycles. The minimum atomic E-state index is -0.257. The van der Waals surface area contributed by atoms with E-state index < -0.39 is 0 Å². The van der Waals surface area contributed by atoms with Crippen LogP contribution in [0.3, 0.4) is 0 Å². The van der Waals surface area contributed by atoms with Crippen molar-refractivity contribution >= 4 is 39.8 Å². The van der Waals surface area contributed by atoms with E-state index >= 15 is 0 Å². The summed E-state index contributed by atoms with van der Waals surface area (Å²) in [5.74, 6) is -0.257. The number of carbonyl (C=O) groups excluding carboxylic acids is 1. The Morgan fingerprint density at radius 2 is 2.14 bits per heavy atom. The normalized spacial score (nSPS) is 10.8. The maximum atomic E-state index is 12.4. The number of fused-ring (bicyclic) bond motifs is 1. The lowest BCUT2D eigenvalue weighted by Crippen LogP contribution is -2.12. The number of nitrogens with zero attached hydrogens (tertiary/aromatic N) is 1. The summed E-state index contributed by atoms with van der Waals surface area (Å²) in [4.78, 5) is 12.4. The van der Waals surface area contributed by atoms with Crippen molar-refractivity contribution < 1.29 is 4.79 Å². The van der Waals surface area contributed by atoms with Crippen LogP contribution < -0.4 is 11.1 Å². The van der Waals surface area contributed by atoms with Gasteiger partial charge in [-0.25, -0.2) is 0 Å². The topological polar surface area (TPSA) is 83.8 Å². The highest BCUT2D eigenvalue weighted by atomic mass is 35.5. The molecule has 1 heterocycles. The van der Waals surface area contributed by atoms with E-state index in [9.17, 15) is 4.79 Å². The molecule has 0 aliphatic heterocycles. The zero-order valence-electron chi connectivity index (χ0n) is 11.3. The highest BCUT2D eigenvalue weighted by Crippen LogP contribution is 2.24. The molecule has 0 atom stereocenters. The molecular weight excluding hydrogens is 288 g/mol. The lowest BCUT2D eigenvalue weighted by molar-refractivity contribution is 0.102. The Balaban J connectivity index is 1.97. The Morgan fingerprint density at radius 3 is 2.90 bits per heavy atom. The van der Waals surface area contributed by atoms with Gasteiger partial charge in [0.05, 0.1) is 17.3 Å². The molecule has 0 fully saturated rings. The zero-order chi connectivity index (χ0) is 15.0. The largest absolute Gasteiger partial charge is 0.398 e. The van der Waals surface area contributed by atoms with E-state index in [2.05, 4.69) is 15.5 Å². The number of aryl methyl sites for hydroxylation is 1. The van der Waals surface area contributed by atoms with E-state index in [4.69, 9.17) is 17.3 Å². The fourth-order valence-electron chi connectivity index (χ4n) is 2.12. The Hall–Kier alpha value is -2.53. The molecule has 0 unspecified atom stereocenters. The second-order valence-electron chi connectivity index (χ2n) is 4.81. The number of nitrogens with two attached hydrogens (primary N) is 1. The minimum Gasteiger partial charge on any atom is -0.398 e. The van der Waals surface area contributed by atoms with Crippen LogP contribution in [0.15, 0.2) is 36.5 Å². The van der Waals surface area contributed by atoms with Gasteiger partial charge < -0.3 is 11.1 Å². The summed E-state index contributed by atoms with van der Waals surface area (Å²) in [6, 6.07) is 8.73. The van der Waals surface area contributed by atoms with Gasteiger partial charge >= 0.3 is 0 Å². The van der Waals surface area contributed by atoms with Gasteiger partial charge in [-0.2, -0.15) is 5.10 Å². The van der Waals surface area contributed by atoms with Crippen LogP contribution in [-0.4, -0.2) is 16.1 Å². The van der Waals surface area contributed by atoms with Crippen LogP contribution >= 0.6 is 11.6 Å². The van der Waals surface area contributed by atoms with Crippen molar-refractivity contribution in [2.24, 2.45) is 0 Å². The lowest BCUT2D eigenvalue weighted by Gasteiger charge is -2.08. The number of carbonyl (C=O) groups is 1. The van der Waals surface area contributed by atoms with Crippen LogP contribution in [-0.2, 0) is 0 Å². The summed E-state index contributed by atoms with van der Waals surface area (Å²) in [6.07, 6.45) is 1.60. The van der Waals surface area contributed by atoms with Gasteiger partial charge in [-0.1, -0.05) is 17.7 Å². The van der Waals surface area contributed by atoms with Gasteiger partial charge in [0.2, 0.25) is 0 Å². The molecule has 106 valence electrons. The van der Waals surface area contributed by atoms with E-state index in [1.165, 1.54) is 0 Å². The van der Waals surface area contributed by atoms with E-state index in [0.717, 1.165) is 16.5 Å². The molecule has 1 aromatic heterocycles. The van der Waals surface area contributed by atoms with Crippen molar-refractivity contribution in [3.63, 3.8) is 0 Å². The highest BCUT2D eigenvalue weighted by molar-refractivity contribution is 6.32. The fourth-order valence-corrected chi connectivity index (χ4v) is 2.34. The smallest absolute Gasteiger partial charge is 0.256 e. The number of nitrogen functional groups attached to an aromatic ring is 1. The molecule has 0 spiro atoms. The van der Waals surface area contributed by atoms with E-state index in [1.807, 2.05) is 13.0 Å². The number of rotatable bonds is 2. The first kappa shape index (κ1) is 13.5. The van der Waals surface area contributed by atoms with Gasteiger partial charge in [-0.3, -0.25) is 9.89 Å². The third kappa shape index (κ3) is 2.55. The molecule has 0 saturated carbocycles. The first-order valence-electron chi connectivity index (χ1n) is 6.34. The monoisotopic (exact) mass is 300 g/mol. The Kier molecular flexibility index (Phi) is 3.27. The number of H-pyrrole nitrogens is 1. The van der Waals surface area contributed by atoms with E-state index in [0.29, 0.717) is 22.0 Å². The zero-order valence-corrected chi connectivity index (χ0v) is 12.0. The maximum absolute atomic E-state index is 12.4. The number of amides is 1. The maximum Gasteiger partial charge on any atom is 0.256 e. The first-order valence-corrected chi connectivity index (χ1v) is 6.72. The Morgan fingerprint density at radius 1 is 1.33 bits per heavy atom. The SMILES string of the molecule is Cc1ccc(NC(=O)c2cc(Cl)cc3[nH]ncc23)cc1N. The van der Waals surface area contributed by atoms with Gasteiger partial charge in [0, 0.05) is 21.8 Å². The Bertz CT molecular complexity index is 841. The van der Waals surface area contributed by atoms with Gasteiger partial charge in [-0.15, -0.1) is 0 Å². The van der Waals surface area contributed by atoms with E-state index in [1.54, 1.807) is 30.5 Å². The van der Waals surface area contributed by atoms with E-state index in [-0.39, 0.29) is 5.91 Å². The van der Waals surface area contributed by atoms with Crippen LogP contribution in [0.1, 0.15) is 15.9 Å². The number of benzene rings is 2. The average Bonchev–Trinajstić information content (AvgIpc) is 2.90. The van der Waals surface area contributed by atoms with Gasteiger partial charge in [0.1, 0.15) is 0 Å². The van der Waals surface area contributed by atoms with Crippen LogP contribution in [0.5, 0.6) is 0 Å². The molecule has 0 bridgehead atoms. The molecule has 4 N–H and O–H groups in total. The lowest BCUT2D eigenvalue weighted by atomic mass is 10.1. The summed E-state index contributed by atoms with van der Waals surface area (Å²) in [7, 11) is 0. The first-order chi connectivity index (χ1) is 10.0. The number of halogens is 1. The number of hydrogen-bond donors (Lipinski definition) is 3. The Labute approximate surface area is 126 Å². The molecule has 0 saturated heterocycles. The van der Waals surface area contributed by atoms with Gasteiger partial charge in [-0.05, 0) is 36.8 Å². The molecule has 0 aliphatic rings. The summed E-state index contributed by atoms with van der Waals surface area (Å²) < 4.78 is 0. The van der Waals surface area contributed by atoms with Crippen LogP contribution in [0.25, 0.3) is 10.9 Å². The summed E-state index contributed by atoms with van der Waals surface area (Å²) in [5.41, 5.74) is 9.26. The quantitative estimate of drug-likeness (QED) is 0.634. The number of aromatic nitrogens is 2. The summed E-state index contributed by atoms with van der Waals surface area (Å²) >= 11 is 6.03. The van der Waals surface area contributed by atoms with Crippen molar-refractivity contribution in [2.45, 2.75) is 6.92 Å². The van der Waals surface area contributed by atoms with Crippen LogP contribution in [0, 0.1) is 6.92 Å². The molecule has 5 nitrogen and oxygen atoms in total. The molecule has 21 heavy (non-hydrogen) atoms. The van der Waals surface area contributed by atoms with Crippen molar-refractivity contribution in [1.29, 1.82) is 0 Å². The number of hydrogen-bond acceptors (Lipinski definition) is 3. The molecular formula is C15H13ClN4O. The molecule has 3 aromatic rings. The molecule has 0 radical (unpaired) electrons. The number of nitrogens with one attached hydrogen (secondary N) is 2.